The molecule has 0 aliphatic heterocycles. The van der Waals surface area contributed by atoms with E-state index in [1.54, 1.807) is 11.3 Å². The van der Waals surface area contributed by atoms with Crippen LogP contribution >= 0.6 is 27.3 Å². The summed E-state index contributed by atoms with van der Waals surface area (Å²) in [6.45, 7) is 0. The fourth-order valence-corrected chi connectivity index (χ4v) is 3.12. The summed E-state index contributed by atoms with van der Waals surface area (Å²) in [5.74, 6) is 1.05. The lowest BCUT2D eigenvalue weighted by molar-refractivity contribution is 0.840. The van der Waals surface area contributed by atoms with Gasteiger partial charge < -0.3 is 4.57 Å². The van der Waals surface area contributed by atoms with Gasteiger partial charge in [0.05, 0.1) is 17.5 Å². The van der Waals surface area contributed by atoms with E-state index in [1.165, 1.54) is 0 Å². The number of benzene rings is 1. The van der Waals surface area contributed by atoms with E-state index in [2.05, 4.69) is 36.5 Å². The van der Waals surface area contributed by atoms with Crippen molar-refractivity contribution in [3.63, 3.8) is 0 Å². The number of thiazole rings is 1. The number of aryl methyl sites for hydroxylation is 1. The molecule has 0 saturated carbocycles. The molecular formula is C12H10BrN3S. The van der Waals surface area contributed by atoms with Crippen LogP contribution in [0.1, 0.15) is 10.8 Å². The van der Waals surface area contributed by atoms with Crippen molar-refractivity contribution in [1.82, 2.24) is 14.5 Å². The molecule has 0 spiro atoms. The third-order valence-corrected chi connectivity index (χ3v) is 4.27. The Morgan fingerprint density at radius 2 is 2.12 bits per heavy atom. The molecule has 2 heterocycles. The molecule has 5 heteroatoms. The van der Waals surface area contributed by atoms with E-state index in [1.807, 2.05) is 30.6 Å². The molecule has 3 rings (SSSR count). The number of fused-ring (bicyclic) bond motifs is 1. The number of imidazole rings is 1. The third kappa shape index (κ3) is 2.00. The molecule has 1 aromatic carbocycles. The highest BCUT2D eigenvalue weighted by Crippen LogP contribution is 2.20. The number of halogens is 1. The van der Waals surface area contributed by atoms with Gasteiger partial charge in [0, 0.05) is 12.4 Å². The predicted octanol–water partition coefficient (Wildman–Crippen LogP) is 3.38. The van der Waals surface area contributed by atoms with Gasteiger partial charge in [-0.05, 0) is 28.1 Å². The van der Waals surface area contributed by atoms with Crippen molar-refractivity contribution in [2.45, 2.75) is 6.42 Å². The second-order valence-electron chi connectivity index (χ2n) is 3.82. The average Bonchev–Trinajstić information content (AvgIpc) is 2.86. The smallest absolute Gasteiger partial charge is 0.117 e. The van der Waals surface area contributed by atoms with Crippen LogP contribution in [0.2, 0.25) is 0 Å². The van der Waals surface area contributed by atoms with Gasteiger partial charge >= 0.3 is 0 Å². The standard InChI is InChI=1S/C12H10BrN3S/c1-16-9-5-3-2-4-8(9)14-11(16)6-12-15-10(13)7-17-12/h2-5,7H,6H2,1H3. The van der Waals surface area contributed by atoms with Gasteiger partial charge in [-0.1, -0.05) is 12.1 Å². The van der Waals surface area contributed by atoms with E-state index < -0.39 is 0 Å². The lowest BCUT2D eigenvalue weighted by Gasteiger charge is -1.99. The van der Waals surface area contributed by atoms with Crippen LogP contribution in [0.5, 0.6) is 0 Å². The van der Waals surface area contributed by atoms with Crippen molar-refractivity contribution in [3.8, 4) is 0 Å². The normalized spacial score (nSPS) is 11.2. The fourth-order valence-electron chi connectivity index (χ4n) is 1.86. The number of hydrogen-bond donors (Lipinski definition) is 0. The van der Waals surface area contributed by atoms with Crippen LogP contribution in [0.3, 0.4) is 0 Å². The van der Waals surface area contributed by atoms with Gasteiger partial charge in [-0.3, -0.25) is 0 Å². The second kappa shape index (κ2) is 4.23. The average molecular weight is 308 g/mol. The maximum atomic E-state index is 4.63. The van der Waals surface area contributed by atoms with Crippen LogP contribution < -0.4 is 0 Å². The van der Waals surface area contributed by atoms with Gasteiger partial charge in [0.25, 0.3) is 0 Å². The molecule has 0 radical (unpaired) electrons. The third-order valence-electron chi connectivity index (χ3n) is 2.71. The Morgan fingerprint density at radius 3 is 2.82 bits per heavy atom. The SMILES string of the molecule is Cn1c(Cc2nc(Br)cs2)nc2ccccc21. The number of aromatic nitrogens is 3. The van der Waals surface area contributed by atoms with Crippen molar-refractivity contribution < 1.29 is 0 Å². The van der Waals surface area contributed by atoms with E-state index in [4.69, 9.17) is 0 Å². The number of rotatable bonds is 2. The quantitative estimate of drug-likeness (QED) is 0.726. The topological polar surface area (TPSA) is 30.7 Å². The highest BCUT2D eigenvalue weighted by molar-refractivity contribution is 9.10. The number of para-hydroxylation sites is 2. The summed E-state index contributed by atoms with van der Waals surface area (Å²) in [5.41, 5.74) is 2.21. The molecule has 86 valence electrons. The summed E-state index contributed by atoms with van der Waals surface area (Å²) < 4.78 is 3.03. The molecule has 0 bridgehead atoms. The van der Waals surface area contributed by atoms with Crippen LogP contribution in [-0.4, -0.2) is 14.5 Å². The summed E-state index contributed by atoms with van der Waals surface area (Å²) in [4.78, 5) is 9.03. The van der Waals surface area contributed by atoms with Gasteiger partial charge in [0.1, 0.15) is 15.4 Å². The minimum Gasteiger partial charge on any atom is -0.331 e. The fraction of sp³-hybridized carbons (Fsp3) is 0.167. The van der Waals surface area contributed by atoms with Crippen molar-refractivity contribution in [2.75, 3.05) is 0 Å². The molecule has 0 aliphatic carbocycles. The summed E-state index contributed by atoms with van der Waals surface area (Å²) in [6.07, 6.45) is 0.779. The highest BCUT2D eigenvalue weighted by Gasteiger charge is 2.09. The minimum atomic E-state index is 0.779. The molecule has 3 nitrogen and oxygen atoms in total. The molecule has 0 saturated heterocycles. The Labute approximate surface area is 111 Å². The highest BCUT2D eigenvalue weighted by atomic mass is 79.9. The second-order valence-corrected chi connectivity index (χ2v) is 5.57. The maximum absolute atomic E-state index is 4.63. The van der Waals surface area contributed by atoms with Gasteiger partial charge in [-0.15, -0.1) is 11.3 Å². The molecule has 17 heavy (non-hydrogen) atoms. The first kappa shape index (κ1) is 10.9. The molecule has 3 aromatic rings. The molecule has 0 amide bonds. The van der Waals surface area contributed by atoms with Crippen LogP contribution in [0, 0.1) is 0 Å². The monoisotopic (exact) mass is 307 g/mol. The van der Waals surface area contributed by atoms with E-state index in [0.29, 0.717) is 0 Å². The molecule has 0 N–H and O–H groups in total. The van der Waals surface area contributed by atoms with Gasteiger partial charge in [-0.25, -0.2) is 9.97 Å². The Kier molecular flexibility index (Phi) is 2.72. The number of nitrogens with zero attached hydrogens (tertiary/aromatic N) is 3. The first-order valence-corrected chi connectivity index (χ1v) is 6.91. The Hall–Kier alpha value is -1.20. The van der Waals surface area contributed by atoms with Crippen molar-refractivity contribution in [2.24, 2.45) is 7.05 Å². The molecule has 0 fully saturated rings. The van der Waals surface area contributed by atoms with E-state index >= 15 is 0 Å². The Bertz CT molecular complexity index is 671. The predicted molar refractivity (Wildman–Crippen MR) is 73.3 cm³/mol. The maximum Gasteiger partial charge on any atom is 0.117 e. The van der Waals surface area contributed by atoms with Crippen LogP contribution in [0.4, 0.5) is 0 Å². The zero-order valence-corrected chi connectivity index (χ0v) is 11.6. The summed E-state index contributed by atoms with van der Waals surface area (Å²) >= 11 is 5.02. The summed E-state index contributed by atoms with van der Waals surface area (Å²) in [7, 11) is 2.05. The summed E-state index contributed by atoms with van der Waals surface area (Å²) in [5, 5.41) is 3.08. The van der Waals surface area contributed by atoms with Crippen LogP contribution in [0.25, 0.3) is 11.0 Å². The molecular weight excluding hydrogens is 298 g/mol. The van der Waals surface area contributed by atoms with Crippen LogP contribution in [-0.2, 0) is 13.5 Å². The van der Waals surface area contributed by atoms with Crippen molar-refractivity contribution in [1.29, 1.82) is 0 Å². The lowest BCUT2D eigenvalue weighted by atomic mass is 10.3. The first-order chi connectivity index (χ1) is 8.24. The molecule has 0 atom stereocenters. The molecule has 0 unspecified atom stereocenters. The van der Waals surface area contributed by atoms with Gasteiger partial charge in [-0.2, -0.15) is 0 Å². The summed E-state index contributed by atoms with van der Waals surface area (Å²) in [6, 6.07) is 8.17. The lowest BCUT2D eigenvalue weighted by Crippen LogP contribution is -1.98. The Balaban J connectivity index is 2.03. The first-order valence-electron chi connectivity index (χ1n) is 5.24. The van der Waals surface area contributed by atoms with Gasteiger partial charge in [0.15, 0.2) is 0 Å². The number of hydrogen-bond acceptors (Lipinski definition) is 3. The zero-order valence-electron chi connectivity index (χ0n) is 9.22. The van der Waals surface area contributed by atoms with E-state index in [9.17, 15) is 0 Å². The minimum absolute atomic E-state index is 0.779. The van der Waals surface area contributed by atoms with Crippen LogP contribution in [0.15, 0.2) is 34.2 Å². The van der Waals surface area contributed by atoms with Gasteiger partial charge in [0.2, 0.25) is 0 Å². The Morgan fingerprint density at radius 1 is 1.29 bits per heavy atom. The van der Waals surface area contributed by atoms with E-state index in [0.717, 1.165) is 32.9 Å². The van der Waals surface area contributed by atoms with E-state index in [-0.39, 0.29) is 0 Å². The van der Waals surface area contributed by atoms with Crippen molar-refractivity contribution in [3.05, 3.63) is 45.1 Å². The molecule has 2 aromatic heterocycles. The molecule has 0 aliphatic rings. The zero-order chi connectivity index (χ0) is 11.8. The van der Waals surface area contributed by atoms with Crippen molar-refractivity contribution >= 4 is 38.3 Å². The largest absolute Gasteiger partial charge is 0.331 e.